The van der Waals surface area contributed by atoms with Gasteiger partial charge in [-0.1, -0.05) is 0 Å². The standard InChI is InChI=1S/C36H30OP2/c37-39(31-21-9-3-10-22-31,32-23-11-4-12-24-32)36-28-16-14-26-34(36)33-25-13-15-27-35(33)38(29-17-5-1-6-18-29)30-19-7-2-8-20-30/h1-28,37,39H. The van der Waals surface area contributed by atoms with Gasteiger partial charge >= 0.3 is 233 Å². The van der Waals surface area contributed by atoms with Gasteiger partial charge in [0.2, 0.25) is 0 Å². The Balaban J connectivity index is 1.61. The molecule has 0 radical (unpaired) electrons. The van der Waals surface area contributed by atoms with Crippen LogP contribution in [0.3, 0.4) is 0 Å². The summed E-state index contributed by atoms with van der Waals surface area (Å²) in [6.07, 6.45) is 0. The van der Waals surface area contributed by atoms with E-state index in [0.29, 0.717) is 0 Å². The summed E-state index contributed by atoms with van der Waals surface area (Å²) in [5, 5.41) is 6.87. The third-order valence-corrected chi connectivity index (χ3v) is 13.2. The van der Waals surface area contributed by atoms with Gasteiger partial charge < -0.3 is 0 Å². The third kappa shape index (κ3) is 4.98. The van der Waals surface area contributed by atoms with E-state index in [2.05, 4.69) is 133 Å². The van der Waals surface area contributed by atoms with Gasteiger partial charge in [-0.3, -0.25) is 0 Å². The van der Waals surface area contributed by atoms with Crippen LogP contribution in [0.15, 0.2) is 170 Å². The van der Waals surface area contributed by atoms with Gasteiger partial charge in [0.15, 0.2) is 0 Å². The van der Waals surface area contributed by atoms with E-state index in [1.165, 1.54) is 21.5 Å². The summed E-state index contributed by atoms with van der Waals surface area (Å²) in [6.45, 7) is 0. The van der Waals surface area contributed by atoms with Crippen LogP contribution in [0.2, 0.25) is 0 Å². The van der Waals surface area contributed by atoms with E-state index in [-0.39, 0.29) is 0 Å². The average molecular weight is 541 g/mol. The molecular weight excluding hydrogens is 510 g/mol. The van der Waals surface area contributed by atoms with Gasteiger partial charge in [0.1, 0.15) is 0 Å². The topological polar surface area (TPSA) is 20.2 Å². The molecule has 6 aromatic carbocycles. The van der Waals surface area contributed by atoms with E-state index in [9.17, 15) is 4.89 Å². The van der Waals surface area contributed by atoms with E-state index in [4.69, 9.17) is 0 Å². The summed E-state index contributed by atoms with van der Waals surface area (Å²) in [4.78, 5) is 12.9. The Morgan fingerprint density at radius 1 is 0.385 bits per heavy atom. The van der Waals surface area contributed by atoms with E-state index in [0.717, 1.165) is 21.5 Å². The fourth-order valence-corrected chi connectivity index (χ4v) is 11.1. The quantitative estimate of drug-likeness (QED) is 0.245. The zero-order valence-electron chi connectivity index (χ0n) is 21.6. The van der Waals surface area contributed by atoms with Crippen LogP contribution >= 0.6 is 15.4 Å². The SMILES string of the molecule is O[PH](c1ccccc1)(c1ccccc1)c1ccccc1-c1ccccc1P(c1ccccc1)c1ccccc1. The van der Waals surface area contributed by atoms with Crippen molar-refractivity contribution in [1.29, 1.82) is 0 Å². The zero-order valence-corrected chi connectivity index (χ0v) is 23.5. The summed E-state index contributed by atoms with van der Waals surface area (Å²) in [7, 11) is -4.13. The first-order valence-electron chi connectivity index (χ1n) is 13.2. The number of hydrogen-bond acceptors (Lipinski definition) is 1. The van der Waals surface area contributed by atoms with Crippen LogP contribution in [0.5, 0.6) is 0 Å². The Bertz CT molecular complexity index is 1570. The monoisotopic (exact) mass is 540 g/mol. The number of hydrogen-bond donors (Lipinski definition) is 1. The van der Waals surface area contributed by atoms with Crippen molar-refractivity contribution in [3.05, 3.63) is 170 Å². The van der Waals surface area contributed by atoms with Gasteiger partial charge in [-0.05, 0) is 0 Å². The van der Waals surface area contributed by atoms with Crippen LogP contribution in [0.4, 0.5) is 0 Å². The first-order chi connectivity index (χ1) is 19.3. The van der Waals surface area contributed by atoms with Crippen molar-refractivity contribution in [2.75, 3.05) is 0 Å². The van der Waals surface area contributed by atoms with Crippen LogP contribution in [0.1, 0.15) is 0 Å². The molecule has 0 heterocycles. The first kappa shape index (κ1) is 25.4. The van der Waals surface area contributed by atoms with Crippen LogP contribution in [-0.2, 0) is 0 Å². The molecule has 6 rings (SSSR count). The molecule has 0 saturated carbocycles. The molecule has 1 N–H and O–H groups in total. The molecule has 0 spiro atoms. The van der Waals surface area contributed by atoms with Crippen LogP contribution < -0.4 is 31.8 Å². The molecule has 0 aliphatic carbocycles. The normalized spacial score (nSPS) is 11.8. The number of rotatable bonds is 7. The fourth-order valence-electron chi connectivity index (χ4n) is 5.35. The predicted molar refractivity (Wildman–Crippen MR) is 173 cm³/mol. The van der Waals surface area contributed by atoms with Gasteiger partial charge in [0, 0.05) is 0 Å². The maximum absolute atomic E-state index is 12.9. The van der Waals surface area contributed by atoms with Gasteiger partial charge in [-0.15, -0.1) is 0 Å². The molecule has 6 aromatic rings. The summed E-state index contributed by atoms with van der Waals surface area (Å²) in [5.41, 5.74) is 2.26. The predicted octanol–water partition coefficient (Wildman–Crippen LogP) is 6.05. The van der Waals surface area contributed by atoms with Crippen molar-refractivity contribution < 1.29 is 4.89 Å². The molecule has 0 atom stereocenters. The summed E-state index contributed by atoms with van der Waals surface area (Å²) < 4.78 is 0. The van der Waals surface area contributed by atoms with Crippen molar-refractivity contribution in [2.45, 2.75) is 0 Å². The molecule has 0 aliphatic heterocycles. The van der Waals surface area contributed by atoms with Crippen molar-refractivity contribution in [1.82, 2.24) is 0 Å². The van der Waals surface area contributed by atoms with E-state index in [1.807, 2.05) is 36.4 Å². The second-order valence-electron chi connectivity index (χ2n) is 9.51. The molecule has 1 nitrogen and oxygen atoms in total. The van der Waals surface area contributed by atoms with Crippen LogP contribution in [0, 0.1) is 0 Å². The molecule has 39 heavy (non-hydrogen) atoms. The Morgan fingerprint density at radius 3 is 1.28 bits per heavy atom. The number of benzene rings is 6. The minimum atomic E-state index is -3.31. The average Bonchev–Trinajstić information content (AvgIpc) is 3.03. The molecule has 0 aromatic heterocycles. The van der Waals surface area contributed by atoms with E-state index >= 15 is 0 Å². The Hall–Kier alpha value is -3.86. The molecule has 0 unspecified atom stereocenters. The molecule has 0 amide bonds. The van der Waals surface area contributed by atoms with Crippen LogP contribution in [-0.4, -0.2) is 4.89 Å². The molecule has 0 saturated heterocycles. The summed E-state index contributed by atoms with van der Waals surface area (Å²) in [5.74, 6) is 0. The van der Waals surface area contributed by atoms with E-state index in [1.54, 1.807) is 0 Å². The first-order valence-corrected chi connectivity index (χ1v) is 16.5. The van der Waals surface area contributed by atoms with Crippen LogP contribution in [0.25, 0.3) is 11.1 Å². The van der Waals surface area contributed by atoms with E-state index < -0.39 is 15.4 Å². The Labute approximate surface area is 232 Å². The Morgan fingerprint density at radius 2 is 0.769 bits per heavy atom. The molecule has 0 aliphatic rings. The molecule has 0 fully saturated rings. The van der Waals surface area contributed by atoms with Crippen molar-refractivity contribution in [3.8, 4) is 11.1 Å². The Kier molecular flexibility index (Phi) is 7.49. The molecular formula is C36H30OP2. The molecule has 0 bridgehead atoms. The van der Waals surface area contributed by atoms with Crippen molar-refractivity contribution in [3.63, 3.8) is 0 Å². The molecule has 190 valence electrons. The van der Waals surface area contributed by atoms with Gasteiger partial charge in [0.05, 0.1) is 0 Å². The zero-order chi connectivity index (χ0) is 26.5. The summed E-state index contributed by atoms with van der Waals surface area (Å²) >= 11 is 0. The van der Waals surface area contributed by atoms with Gasteiger partial charge in [-0.2, -0.15) is 0 Å². The van der Waals surface area contributed by atoms with Crippen molar-refractivity contribution >= 4 is 47.2 Å². The van der Waals surface area contributed by atoms with Crippen molar-refractivity contribution in [2.24, 2.45) is 0 Å². The van der Waals surface area contributed by atoms with Gasteiger partial charge in [-0.25, -0.2) is 0 Å². The fraction of sp³-hybridized carbons (Fsp3) is 0. The molecule has 3 heteroatoms. The second kappa shape index (κ2) is 11.5. The second-order valence-corrected chi connectivity index (χ2v) is 14.8. The van der Waals surface area contributed by atoms with Gasteiger partial charge in [0.25, 0.3) is 0 Å². The summed E-state index contributed by atoms with van der Waals surface area (Å²) in [6, 6.07) is 59.2. The third-order valence-electron chi connectivity index (χ3n) is 7.16. The minimum absolute atomic E-state index is 0.813. The maximum atomic E-state index is 12.9.